The van der Waals surface area contributed by atoms with Crippen molar-refractivity contribution in [1.82, 2.24) is 9.97 Å². The maximum atomic E-state index is 9.33. The Hall–Kier alpha value is -1.26. The molecular weight excluding hydrogens is 196 g/mol. The summed E-state index contributed by atoms with van der Waals surface area (Å²) in [5.74, 6) is 0. The van der Waals surface area contributed by atoms with E-state index in [0.717, 1.165) is 15.6 Å². The molecule has 0 fully saturated rings. The molecule has 1 N–H and O–H groups in total. The Balaban J connectivity index is 2.34. The molecule has 0 spiro atoms. The largest absolute Gasteiger partial charge is 0.388 e. The van der Waals surface area contributed by atoms with Gasteiger partial charge in [-0.05, 0) is 19.1 Å². The quantitative estimate of drug-likeness (QED) is 0.819. The fourth-order valence-corrected chi connectivity index (χ4v) is 1.92. The third-order valence-electron chi connectivity index (χ3n) is 1.82. The van der Waals surface area contributed by atoms with Crippen LogP contribution in [0.5, 0.6) is 0 Å². The Morgan fingerprint density at radius 3 is 2.79 bits per heavy atom. The van der Waals surface area contributed by atoms with Crippen molar-refractivity contribution >= 4 is 11.3 Å². The zero-order valence-corrected chi connectivity index (χ0v) is 8.53. The number of nitrogens with zero attached hydrogens (tertiary/aromatic N) is 2. The van der Waals surface area contributed by atoms with Crippen LogP contribution in [0, 0.1) is 0 Å². The molecule has 0 aliphatic heterocycles. The first-order valence-electron chi connectivity index (χ1n) is 4.32. The molecular formula is C10H10N2OS. The minimum atomic E-state index is -0.454. The van der Waals surface area contributed by atoms with E-state index < -0.39 is 6.10 Å². The number of aromatic nitrogens is 2. The molecule has 0 saturated heterocycles. The van der Waals surface area contributed by atoms with Gasteiger partial charge in [0.25, 0.3) is 0 Å². The van der Waals surface area contributed by atoms with Crippen molar-refractivity contribution in [2.45, 2.75) is 13.0 Å². The second-order valence-electron chi connectivity index (χ2n) is 2.96. The van der Waals surface area contributed by atoms with Crippen molar-refractivity contribution in [3.05, 3.63) is 35.5 Å². The van der Waals surface area contributed by atoms with Crippen LogP contribution in [-0.2, 0) is 0 Å². The van der Waals surface area contributed by atoms with Crippen LogP contribution >= 0.6 is 11.3 Å². The molecule has 2 aromatic heterocycles. The second-order valence-corrected chi connectivity index (χ2v) is 4.02. The van der Waals surface area contributed by atoms with Gasteiger partial charge in [-0.2, -0.15) is 0 Å². The lowest BCUT2D eigenvalue weighted by molar-refractivity contribution is 0.203. The molecule has 2 rings (SSSR count). The first-order chi connectivity index (χ1) is 6.77. The highest BCUT2D eigenvalue weighted by molar-refractivity contribution is 7.15. The number of rotatable bonds is 2. The number of aliphatic hydroxyl groups is 1. The summed E-state index contributed by atoms with van der Waals surface area (Å²) in [6.07, 6.45) is 2.97. The van der Waals surface area contributed by atoms with E-state index in [0.29, 0.717) is 0 Å². The zero-order valence-electron chi connectivity index (χ0n) is 7.71. The van der Waals surface area contributed by atoms with Crippen LogP contribution in [0.15, 0.2) is 30.6 Å². The number of hydrogen-bond acceptors (Lipinski definition) is 4. The monoisotopic (exact) mass is 206 g/mol. The SMILES string of the molecule is CC(O)c1cnc(-c2ccccn2)s1. The summed E-state index contributed by atoms with van der Waals surface area (Å²) in [5.41, 5.74) is 0.851. The number of aliphatic hydroxyl groups excluding tert-OH is 1. The Kier molecular flexibility index (Phi) is 2.56. The second kappa shape index (κ2) is 3.86. The van der Waals surface area contributed by atoms with E-state index in [4.69, 9.17) is 0 Å². The Morgan fingerprint density at radius 1 is 1.36 bits per heavy atom. The normalized spacial score (nSPS) is 12.7. The Morgan fingerprint density at radius 2 is 2.21 bits per heavy atom. The molecule has 0 aromatic carbocycles. The van der Waals surface area contributed by atoms with E-state index in [1.807, 2.05) is 18.2 Å². The van der Waals surface area contributed by atoms with Crippen molar-refractivity contribution in [3.63, 3.8) is 0 Å². The van der Waals surface area contributed by atoms with Gasteiger partial charge in [-0.3, -0.25) is 4.98 Å². The molecule has 0 bridgehead atoms. The van der Waals surface area contributed by atoms with Crippen molar-refractivity contribution in [2.75, 3.05) is 0 Å². The molecule has 2 heterocycles. The smallest absolute Gasteiger partial charge is 0.142 e. The fraction of sp³-hybridized carbons (Fsp3) is 0.200. The molecule has 72 valence electrons. The number of pyridine rings is 1. The van der Waals surface area contributed by atoms with Gasteiger partial charge in [-0.15, -0.1) is 11.3 Å². The average molecular weight is 206 g/mol. The van der Waals surface area contributed by atoms with E-state index in [1.54, 1.807) is 19.3 Å². The van der Waals surface area contributed by atoms with Gasteiger partial charge in [-0.25, -0.2) is 4.98 Å². The van der Waals surface area contributed by atoms with E-state index in [9.17, 15) is 5.11 Å². The van der Waals surface area contributed by atoms with Crippen LogP contribution in [0.2, 0.25) is 0 Å². The van der Waals surface area contributed by atoms with Crippen LogP contribution in [0.3, 0.4) is 0 Å². The summed E-state index contributed by atoms with van der Waals surface area (Å²) >= 11 is 1.47. The molecule has 1 unspecified atom stereocenters. The molecule has 0 aliphatic rings. The average Bonchev–Trinajstić information content (AvgIpc) is 2.68. The molecule has 14 heavy (non-hydrogen) atoms. The van der Waals surface area contributed by atoms with Gasteiger partial charge < -0.3 is 5.11 Å². The van der Waals surface area contributed by atoms with Crippen LogP contribution in [0.4, 0.5) is 0 Å². The lowest BCUT2D eigenvalue weighted by Crippen LogP contribution is -1.83. The Bertz CT molecular complexity index is 411. The summed E-state index contributed by atoms with van der Waals surface area (Å²) in [6.45, 7) is 1.73. The predicted octanol–water partition coefficient (Wildman–Crippen LogP) is 2.26. The summed E-state index contributed by atoms with van der Waals surface area (Å²) in [4.78, 5) is 9.26. The van der Waals surface area contributed by atoms with Gasteiger partial charge in [0.2, 0.25) is 0 Å². The summed E-state index contributed by atoms with van der Waals surface area (Å²) in [7, 11) is 0. The van der Waals surface area contributed by atoms with E-state index in [2.05, 4.69) is 9.97 Å². The van der Waals surface area contributed by atoms with Crippen LogP contribution < -0.4 is 0 Å². The standard InChI is InChI=1S/C10H10N2OS/c1-7(13)9-6-12-10(14-9)8-4-2-3-5-11-8/h2-7,13H,1H3. The maximum Gasteiger partial charge on any atom is 0.142 e. The number of thiazole rings is 1. The molecule has 1 atom stereocenters. The molecule has 0 radical (unpaired) electrons. The van der Waals surface area contributed by atoms with E-state index in [1.165, 1.54) is 11.3 Å². The first-order valence-corrected chi connectivity index (χ1v) is 5.14. The fourth-order valence-electron chi connectivity index (χ4n) is 1.09. The lowest BCUT2D eigenvalue weighted by atomic mass is 10.3. The molecule has 0 amide bonds. The summed E-state index contributed by atoms with van der Waals surface area (Å²) in [6, 6.07) is 5.70. The Labute approximate surface area is 86.1 Å². The lowest BCUT2D eigenvalue weighted by Gasteiger charge is -1.96. The molecule has 3 nitrogen and oxygen atoms in total. The topological polar surface area (TPSA) is 46.0 Å². The molecule has 2 aromatic rings. The van der Waals surface area contributed by atoms with Gasteiger partial charge >= 0.3 is 0 Å². The van der Waals surface area contributed by atoms with Gasteiger partial charge in [0.15, 0.2) is 0 Å². The third-order valence-corrected chi connectivity index (χ3v) is 3.01. The van der Waals surface area contributed by atoms with Crippen molar-refractivity contribution < 1.29 is 5.11 Å². The van der Waals surface area contributed by atoms with E-state index in [-0.39, 0.29) is 0 Å². The summed E-state index contributed by atoms with van der Waals surface area (Å²) < 4.78 is 0. The molecule has 0 saturated carbocycles. The van der Waals surface area contributed by atoms with Crippen LogP contribution in [-0.4, -0.2) is 15.1 Å². The van der Waals surface area contributed by atoms with Gasteiger partial charge in [0, 0.05) is 12.4 Å². The highest BCUT2D eigenvalue weighted by atomic mass is 32.1. The highest BCUT2D eigenvalue weighted by Crippen LogP contribution is 2.26. The zero-order chi connectivity index (χ0) is 9.97. The van der Waals surface area contributed by atoms with Crippen LogP contribution in [0.1, 0.15) is 17.9 Å². The van der Waals surface area contributed by atoms with Crippen molar-refractivity contribution in [3.8, 4) is 10.7 Å². The van der Waals surface area contributed by atoms with Gasteiger partial charge in [0.05, 0.1) is 16.7 Å². The minimum Gasteiger partial charge on any atom is -0.388 e. The van der Waals surface area contributed by atoms with Gasteiger partial charge in [-0.1, -0.05) is 6.07 Å². The highest BCUT2D eigenvalue weighted by Gasteiger charge is 2.08. The predicted molar refractivity (Wildman–Crippen MR) is 56.0 cm³/mol. The summed E-state index contributed by atoms with van der Waals surface area (Å²) in [5, 5.41) is 10.2. The number of hydrogen-bond donors (Lipinski definition) is 1. The maximum absolute atomic E-state index is 9.33. The van der Waals surface area contributed by atoms with Crippen LogP contribution in [0.25, 0.3) is 10.7 Å². The first kappa shape index (κ1) is 9.30. The van der Waals surface area contributed by atoms with Gasteiger partial charge in [0.1, 0.15) is 5.01 Å². The van der Waals surface area contributed by atoms with Crippen molar-refractivity contribution in [1.29, 1.82) is 0 Å². The van der Waals surface area contributed by atoms with Crippen molar-refractivity contribution in [2.24, 2.45) is 0 Å². The van der Waals surface area contributed by atoms with E-state index >= 15 is 0 Å². The third kappa shape index (κ3) is 1.81. The molecule has 0 aliphatic carbocycles. The molecule has 4 heteroatoms. The minimum absolute atomic E-state index is 0.454.